The molecule has 0 heterocycles. The van der Waals surface area contributed by atoms with Crippen molar-refractivity contribution < 1.29 is 28.6 Å². The fourth-order valence-electron chi connectivity index (χ4n) is 10.6. The van der Waals surface area contributed by atoms with Gasteiger partial charge in [-0.25, -0.2) is 0 Å². The summed E-state index contributed by atoms with van der Waals surface area (Å²) in [4.78, 5) is 38.2. The summed E-state index contributed by atoms with van der Waals surface area (Å²) in [6, 6.07) is 0. The van der Waals surface area contributed by atoms with Crippen molar-refractivity contribution >= 4 is 17.9 Å². The molecule has 0 amide bonds. The molecule has 0 aromatic heterocycles. The summed E-state index contributed by atoms with van der Waals surface area (Å²) < 4.78 is 16.9. The molecule has 1 atom stereocenters. The van der Waals surface area contributed by atoms with Gasteiger partial charge in [-0.3, -0.25) is 14.4 Å². The molecule has 6 nitrogen and oxygen atoms in total. The van der Waals surface area contributed by atoms with E-state index in [0.717, 1.165) is 109 Å². The second kappa shape index (κ2) is 70.3. The van der Waals surface area contributed by atoms with E-state index in [9.17, 15) is 14.4 Å². The highest BCUT2D eigenvalue weighted by atomic mass is 16.6. The zero-order valence-corrected chi connectivity index (χ0v) is 54.8. The van der Waals surface area contributed by atoms with E-state index in [1.54, 1.807) is 0 Å². The van der Waals surface area contributed by atoms with Crippen LogP contribution in [0.3, 0.4) is 0 Å². The topological polar surface area (TPSA) is 78.9 Å². The Hall–Kier alpha value is -3.15. The minimum absolute atomic E-state index is 0.0777. The fraction of sp³-hybridized carbons (Fsp3) is 0.803. The van der Waals surface area contributed by atoms with Crippen LogP contribution in [-0.2, 0) is 28.6 Å². The maximum atomic E-state index is 12.9. The van der Waals surface area contributed by atoms with E-state index in [1.807, 2.05) is 0 Å². The summed E-state index contributed by atoms with van der Waals surface area (Å²) in [5.74, 6) is -0.881. The van der Waals surface area contributed by atoms with Gasteiger partial charge < -0.3 is 14.2 Å². The van der Waals surface area contributed by atoms with Crippen LogP contribution in [0, 0.1) is 0 Å². The van der Waals surface area contributed by atoms with E-state index >= 15 is 0 Å². The smallest absolute Gasteiger partial charge is 0.306 e. The fourth-order valence-corrected chi connectivity index (χ4v) is 10.6. The summed E-state index contributed by atoms with van der Waals surface area (Å²) in [6.07, 6.45) is 92.6. The molecular weight excluding hydrogens is 1010 g/mol. The minimum atomic E-state index is -0.781. The molecule has 0 radical (unpaired) electrons. The van der Waals surface area contributed by atoms with Gasteiger partial charge in [-0.15, -0.1) is 0 Å². The largest absolute Gasteiger partial charge is 0.462 e. The third-order valence-corrected chi connectivity index (χ3v) is 16.0. The molecule has 0 N–H and O–H groups in total. The Morgan fingerprint density at radius 1 is 0.256 bits per heavy atom. The van der Waals surface area contributed by atoms with Crippen molar-refractivity contribution in [1.29, 1.82) is 0 Å². The van der Waals surface area contributed by atoms with E-state index < -0.39 is 6.10 Å². The Bertz CT molecular complexity index is 1500. The lowest BCUT2D eigenvalue weighted by molar-refractivity contribution is -0.167. The van der Waals surface area contributed by atoms with Gasteiger partial charge in [0.25, 0.3) is 0 Å². The van der Waals surface area contributed by atoms with Crippen LogP contribution < -0.4 is 0 Å². The van der Waals surface area contributed by atoms with Gasteiger partial charge in [-0.05, 0) is 70.6 Å². The second-order valence-corrected chi connectivity index (χ2v) is 24.1. The van der Waals surface area contributed by atoms with Gasteiger partial charge in [0.1, 0.15) is 13.2 Å². The number of carbonyl (C=O) groups is 3. The zero-order valence-electron chi connectivity index (χ0n) is 54.8. The molecule has 476 valence electrons. The molecule has 0 aromatic carbocycles. The highest BCUT2D eigenvalue weighted by Crippen LogP contribution is 2.18. The number of hydrogen-bond acceptors (Lipinski definition) is 6. The number of esters is 3. The predicted molar refractivity (Wildman–Crippen MR) is 358 cm³/mol. The summed E-state index contributed by atoms with van der Waals surface area (Å²) in [7, 11) is 0. The van der Waals surface area contributed by atoms with E-state index in [2.05, 4.69) is 93.7 Å². The molecule has 0 saturated heterocycles. The van der Waals surface area contributed by atoms with Crippen molar-refractivity contribution in [3.63, 3.8) is 0 Å². The lowest BCUT2D eigenvalue weighted by Gasteiger charge is -2.18. The average Bonchev–Trinajstić information content (AvgIpc) is 3.48. The maximum absolute atomic E-state index is 12.9. The van der Waals surface area contributed by atoms with Crippen LogP contribution in [0.15, 0.2) is 72.9 Å². The molecule has 82 heavy (non-hydrogen) atoms. The normalized spacial score (nSPS) is 12.5. The highest BCUT2D eigenvalue weighted by Gasteiger charge is 2.19. The van der Waals surface area contributed by atoms with Gasteiger partial charge in [0.05, 0.1) is 0 Å². The molecule has 0 aliphatic carbocycles. The van der Waals surface area contributed by atoms with Crippen LogP contribution in [0.2, 0.25) is 0 Å². The molecule has 1 unspecified atom stereocenters. The van der Waals surface area contributed by atoms with Gasteiger partial charge in [0.2, 0.25) is 0 Å². The summed E-state index contributed by atoms with van der Waals surface area (Å²) in [5, 5.41) is 0. The standard InChI is InChI=1S/C76H136O6/c1-4-7-10-13-16-18-20-22-24-26-28-30-32-34-35-36-37-38-39-40-42-43-45-47-49-51-53-55-57-60-63-66-69-75(78)81-72-73(71-80-74(77)68-65-62-59-15-12-9-6-3)82-76(79)70-67-64-61-58-56-54-52-50-48-46-44-41-33-31-29-27-25-23-21-19-17-14-11-8-5-2/h8,11,17,19,23,25,29,31,41,44,48,50,73H,4-7,9-10,12-16,18,20-22,24,26-28,30,32-40,42-43,45-47,49,51-72H2,1-3H3/b11-8-,19-17-,25-23-,31-29-,44-41-,50-48-. The number of ether oxygens (including phenoxy) is 3. The Balaban J connectivity index is 4.04. The summed E-state index contributed by atoms with van der Waals surface area (Å²) in [5.41, 5.74) is 0. The van der Waals surface area contributed by atoms with Crippen LogP contribution >= 0.6 is 0 Å². The van der Waals surface area contributed by atoms with E-state index in [4.69, 9.17) is 14.2 Å². The lowest BCUT2D eigenvalue weighted by atomic mass is 10.0. The maximum Gasteiger partial charge on any atom is 0.306 e. The van der Waals surface area contributed by atoms with Crippen molar-refractivity contribution in [1.82, 2.24) is 0 Å². The second-order valence-electron chi connectivity index (χ2n) is 24.1. The molecule has 0 saturated carbocycles. The molecule has 6 heteroatoms. The van der Waals surface area contributed by atoms with Crippen LogP contribution in [0.5, 0.6) is 0 Å². The van der Waals surface area contributed by atoms with Crippen molar-refractivity contribution in [3.05, 3.63) is 72.9 Å². The van der Waals surface area contributed by atoms with Gasteiger partial charge >= 0.3 is 17.9 Å². The molecule has 0 aliphatic heterocycles. The summed E-state index contributed by atoms with van der Waals surface area (Å²) in [6.45, 7) is 6.52. The van der Waals surface area contributed by atoms with Crippen molar-refractivity contribution in [2.75, 3.05) is 13.2 Å². The highest BCUT2D eigenvalue weighted by molar-refractivity contribution is 5.71. The number of unbranched alkanes of at least 4 members (excludes halogenated alkanes) is 43. The number of carbonyl (C=O) groups excluding carboxylic acids is 3. The predicted octanol–water partition coefficient (Wildman–Crippen LogP) is 24.8. The Morgan fingerprint density at radius 3 is 0.744 bits per heavy atom. The molecular formula is C76H136O6. The first-order valence-corrected chi connectivity index (χ1v) is 35.9. The first-order valence-electron chi connectivity index (χ1n) is 35.9. The van der Waals surface area contributed by atoms with E-state index in [-0.39, 0.29) is 31.1 Å². The lowest BCUT2D eigenvalue weighted by Crippen LogP contribution is -2.30. The van der Waals surface area contributed by atoms with Gasteiger partial charge in [-0.1, -0.05) is 357 Å². The molecule has 0 aromatic rings. The van der Waals surface area contributed by atoms with Crippen molar-refractivity contribution in [2.24, 2.45) is 0 Å². The van der Waals surface area contributed by atoms with Gasteiger partial charge in [0, 0.05) is 19.3 Å². The van der Waals surface area contributed by atoms with Crippen LogP contribution in [0.1, 0.15) is 374 Å². The molecule has 0 rings (SSSR count). The number of hydrogen-bond donors (Lipinski definition) is 0. The first-order chi connectivity index (χ1) is 40.5. The quantitative estimate of drug-likeness (QED) is 0.0261. The Morgan fingerprint density at radius 2 is 0.476 bits per heavy atom. The number of allylic oxidation sites excluding steroid dienone is 12. The van der Waals surface area contributed by atoms with E-state index in [0.29, 0.717) is 19.3 Å². The Kier molecular flexibility index (Phi) is 67.6. The van der Waals surface area contributed by atoms with Crippen molar-refractivity contribution in [3.8, 4) is 0 Å². The first kappa shape index (κ1) is 78.8. The van der Waals surface area contributed by atoms with Gasteiger partial charge in [0.15, 0.2) is 6.10 Å². The zero-order chi connectivity index (χ0) is 59.2. The average molecular weight is 1150 g/mol. The molecule has 0 fully saturated rings. The van der Waals surface area contributed by atoms with Crippen LogP contribution in [0.4, 0.5) is 0 Å². The third-order valence-electron chi connectivity index (χ3n) is 16.0. The number of rotatable bonds is 66. The monoisotopic (exact) mass is 1150 g/mol. The third kappa shape index (κ3) is 67.6. The molecule has 0 aliphatic rings. The SMILES string of the molecule is CC/C=C\C/C=C\C/C=C\C/C=C\C/C=C\C/C=C\CCCCCCCCC(=O)OC(COC(=O)CCCCCCCCC)COC(=O)CCCCCCCCCCCCCCCCCCCCCCCCCCCCCCCCCC. The van der Waals surface area contributed by atoms with Gasteiger partial charge in [-0.2, -0.15) is 0 Å². The molecule has 0 spiro atoms. The van der Waals surface area contributed by atoms with Crippen LogP contribution in [-0.4, -0.2) is 37.2 Å². The van der Waals surface area contributed by atoms with Crippen LogP contribution in [0.25, 0.3) is 0 Å². The minimum Gasteiger partial charge on any atom is -0.462 e. The Labute approximate surface area is 510 Å². The van der Waals surface area contributed by atoms with E-state index in [1.165, 1.54) is 225 Å². The summed E-state index contributed by atoms with van der Waals surface area (Å²) >= 11 is 0. The molecule has 0 bridgehead atoms. The van der Waals surface area contributed by atoms with Crippen molar-refractivity contribution in [2.45, 2.75) is 380 Å².